The molecule has 110 valence electrons. The molecule has 0 heterocycles. The maximum absolute atomic E-state index is 12.3. The van der Waals surface area contributed by atoms with E-state index < -0.39 is 10.0 Å². The second kappa shape index (κ2) is 6.01. The number of nitrogens with two attached hydrogens (primary N) is 1. The Morgan fingerprint density at radius 2 is 1.81 bits per heavy atom. The van der Waals surface area contributed by atoms with E-state index in [2.05, 4.69) is 4.72 Å². The van der Waals surface area contributed by atoms with Crippen LogP contribution < -0.4 is 10.5 Å². The van der Waals surface area contributed by atoms with Gasteiger partial charge in [0.25, 0.3) is 10.0 Å². The van der Waals surface area contributed by atoms with Crippen LogP contribution in [0.3, 0.4) is 0 Å². The second-order valence-electron chi connectivity index (χ2n) is 4.45. The molecule has 2 aromatic rings. The Hall–Kier alpha value is -1.63. The van der Waals surface area contributed by atoms with Crippen LogP contribution >= 0.6 is 23.8 Å². The van der Waals surface area contributed by atoms with E-state index in [0.29, 0.717) is 16.3 Å². The highest BCUT2D eigenvalue weighted by Crippen LogP contribution is 2.23. The molecule has 0 aliphatic rings. The number of hydrogen-bond donors (Lipinski definition) is 2. The van der Waals surface area contributed by atoms with Crippen molar-refractivity contribution >= 4 is 44.5 Å². The zero-order chi connectivity index (χ0) is 15.6. The van der Waals surface area contributed by atoms with Crippen LogP contribution in [0.2, 0.25) is 5.02 Å². The summed E-state index contributed by atoms with van der Waals surface area (Å²) in [4.78, 5) is 0.359. The first kappa shape index (κ1) is 15.8. The molecule has 2 aromatic carbocycles. The quantitative estimate of drug-likeness (QED) is 0.839. The van der Waals surface area contributed by atoms with E-state index in [1.165, 1.54) is 12.1 Å². The molecule has 0 atom stereocenters. The van der Waals surface area contributed by atoms with Crippen molar-refractivity contribution in [2.45, 2.75) is 11.8 Å². The summed E-state index contributed by atoms with van der Waals surface area (Å²) in [5.41, 5.74) is 7.33. The average Bonchev–Trinajstić information content (AvgIpc) is 2.42. The summed E-state index contributed by atoms with van der Waals surface area (Å²) in [7, 11) is -3.67. The second-order valence-corrected chi connectivity index (χ2v) is 7.01. The Kier molecular flexibility index (Phi) is 4.51. The van der Waals surface area contributed by atoms with Gasteiger partial charge in [0, 0.05) is 10.6 Å². The van der Waals surface area contributed by atoms with Gasteiger partial charge in [-0.15, -0.1) is 0 Å². The summed E-state index contributed by atoms with van der Waals surface area (Å²) in [5.74, 6) is 0. The van der Waals surface area contributed by atoms with Gasteiger partial charge in [0.05, 0.1) is 10.6 Å². The molecule has 4 nitrogen and oxygen atoms in total. The minimum Gasteiger partial charge on any atom is -0.389 e. The molecule has 0 bridgehead atoms. The molecule has 21 heavy (non-hydrogen) atoms. The minimum absolute atomic E-state index is 0.136. The van der Waals surface area contributed by atoms with Crippen LogP contribution in [0, 0.1) is 6.92 Å². The fourth-order valence-electron chi connectivity index (χ4n) is 1.74. The standard InChI is InChI=1S/C14H13ClN2O2S2/c1-9-8-11(15)4-7-13(9)17-21(18,19)12-5-2-10(3-6-12)14(16)20/h2-8,17H,1H3,(H2,16,20). The van der Waals surface area contributed by atoms with Gasteiger partial charge in [0.2, 0.25) is 0 Å². The highest BCUT2D eigenvalue weighted by atomic mass is 35.5. The summed E-state index contributed by atoms with van der Waals surface area (Å²) in [6.45, 7) is 1.78. The first-order valence-corrected chi connectivity index (χ1v) is 8.25. The molecular formula is C14H13ClN2O2S2. The molecule has 0 radical (unpaired) electrons. The monoisotopic (exact) mass is 340 g/mol. The van der Waals surface area contributed by atoms with Crippen molar-refractivity contribution in [2.24, 2.45) is 5.73 Å². The number of sulfonamides is 1. The molecule has 7 heteroatoms. The maximum atomic E-state index is 12.3. The van der Waals surface area contributed by atoms with Crippen LogP contribution in [0.25, 0.3) is 0 Å². The van der Waals surface area contributed by atoms with Crippen molar-refractivity contribution in [1.29, 1.82) is 0 Å². The van der Waals surface area contributed by atoms with Gasteiger partial charge in [-0.1, -0.05) is 36.0 Å². The molecule has 0 spiro atoms. The summed E-state index contributed by atoms with van der Waals surface area (Å²) in [6, 6.07) is 11.0. The summed E-state index contributed by atoms with van der Waals surface area (Å²) in [6.07, 6.45) is 0. The number of halogens is 1. The van der Waals surface area contributed by atoms with E-state index in [1.54, 1.807) is 37.3 Å². The van der Waals surface area contributed by atoms with E-state index in [9.17, 15) is 8.42 Å². The molecular weight excluding hydrogens is 328 g/mol. The average molecular weight is 341 g/mol. The van der Waals surface area contributed by atoms with Gasteiger partial charge in [-0.25, -0.2) is 8.42 Å². The number of aryl methyl sites for hydroxylation is 1. The van der Waals surface area contributed by atoms with Crippen LogP contribution in [0.5, 0.6) is 0 Å². The van der Waals surface area contributed by atoms with Crippen LogP contribution in [0.4, 0.5) is 5.69 Å². The highest BCUT2D eigenvalue weighted by Gasteiger charge is 2.15. The smallest absolute Gasteiger partial charge is 0.261 e. The van der Waals surface area contributed by atoms with Gasteiger partial charge in [-0.3, -0.25) is 4.72 Å². The topological polar surface area (TPSA) is 72.2 Å². The van der Waals surface area contributed by atoms with E-state index in [1.807, 2.05) is 0 Å². The predicted octanol–water partition coefficient (Wildman–Crippen LogP) is 3.08. The lowest BCUT2D eigenvalue weighted by molar-refractivity contribution is 0.601. The van der Waals surface area contributed by atoms with Gasteiger partial charge in [-0.05, 0) is 42.8 Å². The van der Waals surface area contributed by atoms with E-state index in [4.69, 9.17) is 29.6 Å². The zero-order valence-electron chi connectivity index (χ0n) is 11.1. The lowest BCUT2D eigenvalue weighted by Gasteiger charge is -2.11. The third kappa shape index (κ3) is 3.72. The number of thiocarbonyl (C=S) groups is 1. The Balaban J connectivity index is 2.31. The Morgan fingerprint density at radius 1 is 1.19 bits per heavy atom. The number of nitrogens with one attached hydrogen (secondary N) is 1. The maximum Gasteiger partial charge on any atom is 0.261 e. The third-order valence-corrected chi connectivity index (χ3v) is 4.73. The molecule has 0 fully saturated rings. The SMILES string of the molecule is Cc1cc(Cl)ccc1NS(=O)(=O)c1ccc(C(N)=S)cc1. The number of hydrogen-bond acceptors (Lipinski definition) is 3. The van der Waals surface area contributed by atoms with Crippen molar-refractivity contribution in [1.82, 2.24) is 0 Å². The van der Waals surface area contributed by atoms with Gasteiger partial charge in [0.15, 0.2) is 0 Å². The van der Waals surface area contributed by atoms with Crippen LogP contribution in [-0.2, 0) is 10.0 Å². The fraction of sp³-hybridized carbons (Fsp3) is 0.0714. The Morgan fingerprint density at radius 3 is 2.33 bits per heavy atom. The number of benzene rings is 2. The van der Waals surface area contributed by atoms with Gasteiger partial charge in [0.1, 0.15) is 4.99 Å². The minimum atomic E-state index is -3.67. The first-order chi connectivity index (χ1) is 9.79. The van der Waals surface area contributed by atoms with Gasteiger partial charge < -0.3 is 5.73 Å². The largest absolute Gasteiger partial charge is 0.389 e. The summed E-state index contributed by atoms with van der Waals surface area (Å²) in [5, 5.41) is 0.552. The molecule has 0 aromatic heterocycles. The number of anilines is 1. The summed E-state index contributed by atoms with van der Waals surface area (Å²) >= 11 is 10.7. The van der Waals surface area contributed by atoms with Crippen LogP contribution in [0.15, 0.2) is 47.4 Å². The molecule has 0 aliphatic heterocycles. The first-order valence-electron chi connectivity index (χ1n) is 5.98. The summed E-state index contributed by atoms with van der Waals surface area (Å²) < 4.78 is 27.2. The van der Waals surface area contributed by atoms with Gasteiger partial charge >= 0.3 is 0 Å². The molecule has 0 amide bonds. The highest BCUT2D eigenvalue weighted by molar-refractivity contribution is 7.92. The van der Waals surface area contributed by atoms with Gasteiger partial charge in [-0.2, -0.15) is 0 Å². The molecule has 0 aliphatic carbocycles. The Labute approximate surface area is 134 Å². The molecule has 3 N–H and O–H groups in total. The fourth-order valence-corrected chi connectivity index (χ4v) is 3.24. The van der Waals surface area contributed by atoms with Crippen molar-refractivity contribution in [3.8, 4) is 0 Å². The lowest BCUT2D eigenvalue weighted by Crippen LogP contribution is -2.14. The third-order valence-electron chi connectivity index (χ3n) is 2.88. The zero-order valence-corrected chi connectivity index (χ0v) is 13.5. The van der Waals surface area contributed by atoms with E-state index in [0.717, 1.165) is 5.56 Å². The van der Waals surface area contributed by atoms with Crippen molar-refractivity contribution in [2.75, 3.05) is 4.72 Å². The normalized spacial score (nSPS) is 11.1. The van der Waals surface area contributed by atoms with Crippen molar-refractivity contribution in [3.05, 3.63) is 58.6 Å². The Bertz CT molecular complexity index is 787. The van der Waals surface area contributed by atoms with Crippen molar-refractivity contribution in [3.63, 3.8) is 0 Å². The molecule has 0 saturated heterocycles. The lowest BCUT2D eigenvalue weighted by atomic mass is 10.2. The number of rotatable bonds is 4. The van der Waals surface area contributed by atoms with Crippen LogP contribution in [0.1, 0.15) is 11.1 Å². The molecule has 0 unspecified atom stereocenters. The van der Waals surface area contributed by atoms with Crippen LogP contribution in [-0.4, -0.2) is 13.4 Å². The van der Waals surface area contributed by atoms with E-state index >= 15 is 0 Å². The predicted molar refractivity (Wildman–Crippen MR) is 89.3 cm³/mol. The van der Waals surface area contributed by atoms with E-state index in [-0.39, 0.29) is 9.88 Å². The van der Waals surface area contributed by atoms with Crippen molar-refractivity contribution < 1.29 is 8.42 Å². The molecule has 0 saturated carbocycles. The molecule has 2 rings (SSSR count).